The minimum atomic E-state index is -3.99. The Morgan fingerprint density at radius 2 is 1.60 bits per heavy atom. The molecule has 1 heterocycles. The number of rotatable bonds is 9. The first kappa shape index (κ1) is 26.9. The summed E-state index contributed by atoms with van der Waals surface area (Å²) in [6.45, 7) is 1.59. The molecule has 0 aliphatic heterocycles. The molecule has 1 aromatic heterocycles. The van der Waals surface area contributed by atoms with Gasteiger partial charge in [-0.25, -0.2) is 13.1 Å². The fourth-order valence-corrected chi connectivity index (χ4v) is 5.19. The van der Waals surface area contributed by atoms with Crippen molar-refractivity contribution < 1.29 is 18.0 Å². The van der Waals surface area contributed by atoms with Crippen molar-refractivity contribution in [2.24, 2.45) is 11.5 Å². The van der Waals surface area contributed by atoms with Crippen LogP contribution in [0.2, 0.25) is 15.1 Å². The highest BCUT2D eigenvalue weighted by atomic mass is 35.5. The van der Waals surface area contributed by atoms with Crippen LogP contribution in [0.1, 0.15) is 28.3 Å². The Kier molecular flexibility index (Phi) is 8.40. The minimum absolute atomic E-state index is 0.202. The third-order valence-corrected chi connectivity index (χ3v) is 7.46. The van der Waals surface area contributed by atoms with E-state index in [-0.39, 0.29) is 27.8 Å². The number of primary amides is 2. The van der Waals surface area contributed by atoms with E-state index in [4.69, 9.17) is 46.3 Å². The molecule has 2 aromatic carbocycles. The van der Waals surface area contributed by atoms with E-state index >= 15 is 0 Å². The van der Waals surface area contributed by atoms with Crippen LogP contribution < -0.4 is 16.2 Å². The first-order valence-electron chi connectivity index (χ1n) is 10.1. The van der Waals surface area contributed by atoms with Gasteiger partial charge in [0.15, 0.2) is 0 Å². The molecule has 3 rings (SSSR count). The van der Waals surface area contributed by atoms with Gasteiger partial charge in [0.25, 0.3) is 0 Å². The monoisotopic (exact) mass is 554 g/mol. The molecule has 0 fully saturated rings. The maximum Gasteiger partial charge on any atom is 0.234 e. The Balaban J connectivity index is 2.19. The van der Waals surface area contributed by atoms with E-state index in [1.54, 1.807) is 49.4 Å². The van der Waals surface area contributed by atoms with E-state index < -0.39 is 33.5 Å². The van der Waals surface area contributed by atoms with E-state index in [0.717, 1.165) is 5.56 Å². The molecule has 35 heavy (non-hydrogen) atoms. The minimum Gasteiger partial charge on any atom is -0.369 e. The number of amides is 2. The number of nitrogens with one attached hydrogen (secondary N) is 1. The first-order valence-corrected chi connectivity index (χ1v) is 12.9. The van der Waals surface area contributed by atoms with Crippen molar-refractivity contribution in [3.8, 4) is 11.3 Å². The lowest BCUT2D eigenvalue weighted by Crippen LogP contribution is -2.33. The van der Waals surface area contributed by atoms with E-state index in [0.29, 0.717) is 21.8 Å². The summed E-state index contributed by atoms with van der Waals surface area (Å²) in [6.07, 6.45) is 0. The fourth-order valence-electron chi connectivity index (χ4n) is 3.54. The van der Waals surface area contributed by atoms with Gasteiger partial charge in [-0.15, -0.1) is 0 Å². The average Bonchev–Trinajstić information content (AvgIpc) is 2.75. The average molecular weight is 556 g/mol. The van der Waals surface area contributed by atoms with Gasteiger partial charge in [0.1, 0.15) is 11.7 Å². The Bertz CT molecular complexity index is 1390. The third kappa shape index (κ3) is 6.50. The van der Waals surface area contributed by atoms with Crippen molar-refractivity contribution in [1.82, 2.24) is 9.71 Å². The molecule has 0 spiro atoms. The van der Waals surface area contributed by atoms with Gasteiger partial charge in [0, 0.05) is 32.7 Å². The predicted octanol–water partition coefficient (Wildman–Crippen LogP) is 3.54. The number of carbonyl (C=O) groups is 2. The summed E-state index contributed by atoms with van der Waals surface area (Å²) in [5.74, 6) is -3.75. The smallest absolute Gasteiger partial charge is 0.234 e. The van der Waals surface area contributed by atoms with Gasteiger partial charge in [-0.05, 0) is 48.4 Å². The highest BCUT2D eigenvalue weighted by Crippen LogP contribution is 2.37. The van der Waals surface area contributed by atoms with Crippen molar-refractivity contribution in [3.05, 3.63) is 86.0 Å². The molecule has 0 aliphatic rings. The lowest BCUT2D eigenvalue weighted by atomic mass is 9.92. The standard InChI is InChI=1S/C23H21Cl3N4O4S/c1-12-14(4-2-5-15(12)24)18-8-13(10-29-35(33,34)11-20(27)31)9-19(30-18)22(23(28)32)21-16(25)6-3-7-17(21)26/h2-9,22,29H,10-11H2,1H3,(H2,27,31)(H2,28,32). The number of nitrogens with two attached hydrogens (primary N) is 2. The quantitative estimate of drug-likeness (QED) is 0.370. The lowest BCUT2D eigenvalue weighted by Gasteiger charge is -2.19. The predicted molar refractivity (Wildman–Crippen MR) is 137 cm³/mol. The maximum atomic E-state index is 12.6. The second-order valence-electron chi connectivity index (χ2n) is 7.72. The number of carbonyl (C=O) groups excluding carboxylic acids is 2. The molecule has 1 atom stereocenters. The molecule has 8 nitrogen and oxygen atoms in total. The number of hydrogen-bond acceptors (Lipinski definition) is 5. The molecule has 5 N–H and O–H groups in total. The Labute approximate surface area is 217 Å². The fraction of sp³-hybridized carbons (Fsp3) is 0.174. The number of benzene rings is 2. The highest BCUT2D eigenvalue weighted by Gasteiger charge is 2.28. The van der Waals surface area contributed by atoms with Crippen molar-refractivity contribution in [2.45, 2.75) is 19.4 Å². The third-order valence-electron chi connectivity index (χ3n) is 5.15. The highest BCUT2D eigenvalue weighted by molar-refractivity contribution is 7.90. The zero-order valence-electron chi connectivity index (χ0n) is 18.4. The van der Waals surface area contributed by atoms with Crippen LogP contribution in [0, 0.1) is 6.92 Å². The number of pyridine rings is 1. The van der Waals surface area contributed by atoms with Crippen molar-refractivity contribution in [1.29, 1.82) is 0 Å². The second-order valence-corrected chi connectivity index (χ2v) is 10.7. The summed E-state index contributed by atoms with van der Waals surface area (Å²) < 4.78 is 26.6. The van der Waals surface area contributed by atoms with Crippen LogP contribution in [0.15, 0.2) is 48.5 Å². The van der Waals surface area contributed by atoms with Crippen LogP contribution in [-0.4, -0.2) is 31.0 Å². The number of halogens is 3. The normalized spacial score (nSPS) is 12.3. The molecule has 0 aliphatic carbocycles. The van der Waals surface area contributed by atoms with Crippen molar-refractivity contribution >= 4 is 56.6 Å². The largest absolute Gasteiger partial charge is 0.369 e. The molecule has 2 amide bonds. The SMILES string of the molecule is Cc1c(Cl)cccc1-c1cc(CNS(=O)(=O)CC(N)=O)cc(C(C(N)=O)c2c(Cl)cccc2Cl)n1. The molecule has 0 radical (unpaired) electrons. The molecule has 1 unspecified atom stereocenters. The lowest BCUT2D eigenvalue weighted by molar-refractivity contribution is -0.118. The topological polar surface area (TPSA) is 145 Å². The Morgan fingerprint density at radius 1 is 1.00 bits per heavy atom. The van der Waals surface area contributed by atoms with E-state index in [2.05, 4.69) is 9.71 Å². The summed E-state index contributed by atoms with van der Waals surface area (Å²) in [6, 6.07) is 13.2. The molecular formula is C23H21Cl3N4O4S. The van der Waals surface area contributed by atoms with Crippen LogP contribution in [-0.2, 0) is 26.2 Å². The van der Waals surface area contributed by atoms with Crippen LogP contribution in [0.5, 0.6) is 0 Å². The zero-order valence-corrected chi connectivity index (χ0v) is 21.5. The van der Waals surface area contributed by atoms with Gasteiger partial charge in [-0.1, -0.05) is 53.0 Å². The van der Waals surface area contributed by atoms with E-state index in [1.165, 1.54) is 6.07 Å². The molecule has 3 aromatic rings. The first-order chi connectivity index (χ1) is 16.4. The van der Waals surface area contributed by atoms with Crippen LogP contribution in [0.3, 0.4) is 0 Å². The molecule has 0 saturated carbocycles. The summed E-state index contributed by atoms with van der Waals surface area (Å²) in [4.78, 5) is 28.3. The van der Waals surface area contributed by atoms with Gasteiger partial charge in [0.05, 0.1) is 11.4 Å². The van der Waals surface area contributed by atoms with Crippen molar-refractivity contribution in [2.75, 3.05) is 5.75 Å². The number of sulfonamides is 1. The van der Waals surface area contributed by atoms with Crippen molar-refractivity contribution in [3.63, 3.8) is 0 Å². The van der Waals surface area contributed by atoms with Crippen LogP contribution in [0.25, 0.3) is 11.3 Å². The molecule has 0 bridgehead atoms. The zero-order chi connectivity index (χ0) is 25.9. The van der Waals surface area contributed by atoms with Crippen LogP contribution >= 0.6 is 34.8 Å². The summed E-state index contributed by atoms with van der Waals surface area (Å²) in [7, 11) is -3.99. The summed E-state index contributed by atoms with van der Waals surface area (Å²) in [5, 5.41) is 0.936. The molecule has 184 valence electrons. The van der Waals surface area contributed by atoms with Gasteiger partial charge in [0.2, 0.25) is 21.8 Å². The molecular weight excluding hydrogens is 535 g/mol. The van der Waals surface area contributed by atoms with Gasteiger partial charge >= 0.3 is 0 Å². The number of hydrogen-bond donors (Lipinski definition) is 3. The van der Waals surface area contributed by atoms with Gasteiger partial charge < -0.3 is 11.5 Å². The second kappa shape index (κ2) is 10.9. The Morgan fingerprint density at radius 3 is 2.20 bits per heavy atom. The van der Waals surface area contributed by atoms with Gasteiger partial charge in [-0.2, -0.15) is 0 Å². The van der Waals surface area contributed by atoms with E-state index in [9.17, 15) is 18.0 Å². The molecule has 0 saturated heterocycles. The van der Waals surface area contributed by atoms with Crippen LogP contribution in [0.4, 0.5) is 0 Å². The maximum absolute atomic E-state index is 12.6. The Hall–Kier alpha value is -2.69. The molecule has 12 heteroatoms. The number of nitrogens with zero attached hydrogens (tertiary/aromatic N) is 1. The summed E-state index contributed by atoms with van der Waals surface area (Å²) >= 11 is 19.0. The van der Waals surface area contributed by atoms with E-state index in [1.807, 2.05) is 0 Å². The number of aromatic nitrogens is 1. The summed E-state index contributed by atoms with van der Waals surface area (Å²) in [5.41, 5.74) is 13.5. The van der Waals surface area contributed by atoms with Gasteiger partial charge in [-0.3, -0.25) is 14.6 Å².